The van der Waals surface area contributed by atoms with Gasteiger partial charge in [-0.25, -0.2) is 0 Å². The Morgan fingerprint density at radius 1 is 1.07 bits per heavy atom. The Morgan fingerprint density at radius 3 is 2.48 bits per heavy atom. The number of rotatable bonds is 4. The van der Waals surface area contributed by atoms with E-state index in [-0.39, 0.29) is 11.0 Å². The van der Waals surface area contributed by atoms with Gasteiger partial charge in [-0.05, 0) is 62.8 Å². The molecule has 2 heteroatoms. The maximum Gasteiger partial charge on any atom is 0.211 e. The third-order valence-corrected chi connectivity index (χ3v) is 8.11. The van der Waals surface area contributed by atoms with Crippen molar-refractivity contribution >= 4 is 33.3 Å². The number of thiophene rings is 1. The van der Waals surface area contributed by atoms with Crippen molar-refractivity contribution in [2.75, 3.05) is 0 Å². The van der Waals surface area contributed by atoms with Crippen molar-refractivity contribution in [3.8, 4) is 0 Å². The lowest BCUT2D eigenvalue weighted by Gasteiger charge is -2.23. The molecule has 1 aliphatic heterocycles. The molecule has 0 saturated heterocycles. The molecule has 2 atom stereocenters. The van der Waals surface area contributed by atoms with E-state index in [1.165, 1.54) is 37.3 Å². The van der Waals surface area contributed by atoms with E-state index in [0.717, 1.165) is 12.8 Å². The van der Waals surface area contributed by atoms with Crippen molar-refractivity contribution in [2.24, 2.45) is 0 Å². The van der Waals surface area contributed by atoms with Crippen LogP contribution >= 0.6 is 11.3 Å². The molecule has 0 fully saturated rings. The zero-order chi connectivity index (χ0) is 21.0. The molecule has 0 bridgehead atoms. The average molecular weight is 405 g/mol. The Hall–Kier alpha value is -1.93. The molecular weight excluding hydrogens is 370 g/mol. The van der Waals surface area contributed by atoms with Crippen LogP contribution < -0.4 is 0 Å². The van der Waals surface area contributed by atoms with Crippen molar-refractivity contribution in [1.29, 1.82) is 0 Å². The summed E-state index contributed by atoms with van der Waals surface area (Å²) in [6.45, 7) is 16.4. The fourth-order valence-electron chi connectivity index (χ4n) is 5.19. The first-order valence-electron chi connectivity index (χ1n) is 10.9. The number of hydrogen-bond donors (Lipinski definition) is 0. The van der Waals surface area contributed by atoms with Gasteiger partial charge in [0.15, 0.2) is 11.8 Å². The summed E-state index contributed by atoms with van der Waals surface area (Å²) in [6.07, 6.45) is 4.82. The molecule has 0 N–H and O–H groups in total. The van der Waals surface area contributed by atoms with Gasteiger partial charge < -0.3 is 0 Å². The molecule has 3 aromatic rings. The molecule has 2 heterocycles. The van der Waals surface area contributed by atoms with Gasteiger partial charge in [-0.2, -0.15) is 4.58 Å². The van der Waals surface area contributed by atoms with Gasteiger partial charge in [-0.1, -0.05) is 37.6 Å². The molecule has 2 unspecified atom stereocenters. The van der Waals surface area contributed by atoms with Gasteiger partial charge in [0, 0.05) is 41.0 Å². The summed E-state index contributed by atoms with van der Waals surface area (Å²) in [5.74, 6) is 0.559. The molecule has 1 nitrogen and oxygen atoms in total. The van der Waals surface area contributed by atoms with E-state index in [1.54, 1.807) is 0 Å². The van der Waals surface area contributed by atoms with E-state index in [1.807, 2.05) is 11.3 Å². The smallest absolute Gasteiger partial charge is 0.196 e. The second-order valence-corrected chi connectivity index (χ2v) is 11.0. The molecule has 29 heavy (non-hydrogen) atoms. The molecule has 1 aromatic heterocycles. The first kappa shape index (κ1) is 20.3. The maximum absolute atomic E-state index is 2.60. The van der Waals surface area contributed by atoms with Crippen molar-refractivity contribution in [3.63, 3.8) is 0 Å². The van der Waals surface area contributed by atoms with Gasteiger partial charge >= 0.3 is 0 Å². The molecule has 0 spiro atoms. The summed E-state index contributed by atoms with van der Waals surface area (Å²) < 4.78 is 3.99. The Bertz CT molecular complexity index is 1070. The largest absolute Gasteiger partial charge is 0.211 e. The lowest BCUT2D eigenvalue weighted by molar-refractivity contribution is -0.512. The van der Waals surface area contributed by atoms with Crippen LogP contribution in [0.15, 0.2) is 42.5 Å². The summed E-state index contributed by atoms with van der Waals surface area (Å²) in [4.78, 5) is 1.48. The number of aryl methyl sites for hydroxylation is 2. The highest BCUT2D eigenvalue weighted by atomic mass is 32.1. The third-order valence-electron chi connectivity index (χ3n) is 6.71. The highest BCUT2D eigenvalue weighted by Gasteiger charge is 2.51. The first-order chi connectivity index (χ1) is 13.6. The van der Waals surface area contributed by atoms with Crippen molar-refractivity contribution in [2.45, 2.75) is 78.2 Å². The number of fused-ring (bicyclic) bond motifs is 1. The monoisotopic (exact) mass is 404 g/mol. The zero-order valence-corrected chi connectivity index (χ0v) is 19.8. The minimum Gasteiger partial charge on any atom is -0.196 e. The second kappa shape index (κ2) is 7.09. The number of hydrogen-bond acceptors (Lipinski definition) is 1. The normalized spacial score (nSPS) is 22.1. The molecule has 1 aliphatic rings. The molecule has 0 aliphatic carbocycles. The average Bonchev–Trinajstić information content (AvgIpc) is 3.19. The standard InChI is InChI=1S/C27H34NS/c1-8-19(3)22-14-18(2)13-20(4)25(22)28-17-27(7,16-26(28,5)6)24-15-21-11-9-10-12-23(21)29-24/h9-15,17,19H,8,16H2,1-7H3/q+1. The van der Waals surface area contributed by atoms with Crippen LogP contribution in [0.4, 0.5) is 5.69 Å². The molecule has 0 amide bonds. The van der Waals surface area contributed by atoms with E-state index in [4.69, 9.17) is 0 Å². The predicted octanol–water partition coefficient (Wildman–Crippen LogP) is 7.89. The quantitative estimate of drug-likeness (QED) is 0.389. The molecule has 4 rings (SSSR count). The van der Waals surface area contributed by atoms with E-state index in [0.29, 0.717) is 5.92 Å². The molecule has 152 valence electrons. The highest BCUT2D eigenvalue weighted by Crippen LogP contribution is 2.47. The van der Waals surface area contributed by atoms with Crippen LogP contribution in [-0.2, 0) is 5.41 Å². The zero-order valence-electron chi connectivity index (χ0n) is 19.0. The summed E-state index contributed by atoms with van der Waals surface area (Å²) >= 11 is 1.96. The van der Waals surface area contributed by atoms with Gasteiger partial charge in [0.1, 0.15) is 0 Å². The lowest BCUT2D eigenvalue weighted by atomic mass is 9.81. The Balaban J connectivity index is 1.90. The first-order valence-corrected chi connectivity index (χ1v) is 11.7. The summed E-state index contributed by atoms with van der Waals surface area (Å²) in [5, 5.41) is 1.37. The van der Waals surface area contributed by atoms with Crippen LogP contribution in [0.25, 0.3) is 10.1 Å². The summed E-state index contributed by atoms with van der Waals surface area (Å²) in [5.41, 5.74) is 5.82. The van der Waals surface area contributed by atoms with Gasteiger partial charge in [-0.3, -0.25) is 0 Å². The molecule has 2 aromatic carbocycles. The van der Waals surface area contributed by atoms with Crippen molar-refractivity contribution < 1.29 is 4.58 Å². The van der Waals surface area contributed by atoms with Crippen LogP contribution in [0, 0.1) is 13.8 Å². The van der Waals surface area contributed by atoms with Gasteiger partial charge in [0.25, 0.3) is 0 Å². The van der Waals surface area contributed by atoms with Crippen LogP contribution in [0.2, 0.25) is 0 Å². The fraction of sp³-hybridized carbons (Fsp3) is 0.444. The van der Waals surface area contributed by atoms with Gasteiger partial charge in [0.2, 0.25) is 5.69 Å². The van der Waals surface area contributed by atoms with Crippen LogP contribution in [0.3, 0.4) is 0 Å². The number of nitrogens with zero attached hydrogens (tertiary/aromatic N) is 1. The van der Waals surface area contributed by atoms with Gasteiger partial charge in [-0.15, -0.1) is 11.3 Å². The van der Waals surface area contributed by atoms with Crippen LogP contribution in [0.5, 0.6) is 0 Å². The van der Waals surface area contributed by atoms with Crippen LogP contribution in [-0.4, -0.2) is 16.3 Å². The SMILES string of the molecule is CCC(C)c1cc(C)cc(C)c1[N+]1=CC(C)(c2cc3ccccc3s2)CC1(C)C. The minimum atomic E-state index is 0.0528. The molecule has 0 saturated carbocycles. The number of benzene rings is 2. The second-order valence-electron chi connectivity index (χ2n) is 9.88. The van der Waals surface area contributed by atoms with Crippen molar-refractivity contribution in [3.05, 3.63) is 64.0 Å². The fourth-order valence-corrected chi connectivity index (χ4v) is 6.36. The van der Waals surface area contributed by atoms with Gasteiger partial charge in [0.05, 0.1) is 5.41 Å². The maximum atomic E-state index is 2.60. The topological polar surface area (TPSA) is 3.01 Å². The predicted molar refractivity (Wildman–Crippen MR) is 128 cm³/mol. The Morgan fingerprint density at radius 2 is 1.79 bits per heavy atom. The highest BCUT2D eigenvalue weighted by molar-refractivity contribution is 7.19. The Kier molecular flexibility index (Phi) is 4.98. The Labute approximate surface area is 180 Å². The van der Waals surface area contributed by atoms with E-state index in [2.05, 4.69) is 102 Å². The minimum absolute atomic E-state index is 0.0528. The van der Waals surface area contributed by atoms with Crippen LogP contribution in [0.1, 0.15) is 74.9 Å². The summed E-state index contributed by atoms with van der Waals surface area (Å²) in [7, 11) is 0. The molecule has 0 radical (unpaired) electrons. The van der Waals surface area contributed by atoms with Crippen molar-refractivity contribution in [1.82, 2.24) is 0 Å². The summed E-state index contributed by atoms with van der Waals surface area (Å²) in [6, 6.07) is 15.9. The lowest BCUT2D eigenvalue weighted by Crippen LogP contribution is -2.31. The third kappa shape index (κ3) is 3.46. The van der Waals surface area contributed by atoms with E-state index >= 15 is 0 Å². The van der Waals surface area contributed by atoms with E-state index in [9.17, 15) is 0 Å². The molecular formula is C27H34NS+. The van der Waals surface area contributed by atoms with E-state index < -0.39 is 0 Å².